The summed E-state index contributed by atoms with van der Waals surface area (Å²) in [7, 11) is 0. The predicted octanol–water partition coefficient (Wildman–Crippen LogP) is 4.58. The second-order valence-corrected chi connectivity index (χ2v) is 6.04. The Hall–Kier alpha value is -3.27. The van der Waals surface area contributed by atoms with Gasteiger partial charge in [-0.3, -0.25) is 4.79 Å². The smallest absolute Gasteiger partial charge is 0.252 e. The van der Waals surface area contributed by atoms with Crippen molar-refractivity contribution in [1.29, 1.82) is 0 Å². The minimum Gasteiger partial charge on any atom is -0.492 e. The summed E-state index contributed by atoms with van der Waals surface area (Å²) in [5.41, 5.74) is 2.66. The summed E-state index contributed by atoms with van der Waals surface area (Å²) in [4.78, 5) is 12.7. The molecule has 0 aliphatic heterocycles. The van der Waals surface area contributed by atoms with E-state index in [9.17, 15) is 4.79 Å². The molecular weight excluding hydrogens is 338 g/mol. The van der Waals surface area contributed by atoms with Crippen molar-refractivity contribution in [1.82, 2.24) is 5.32 Å². The van der Waals surface area contributed by atoms with Crippen molar-refractivity contribution in [3.63, 3.8) is 0 Å². The topological polar surface area (TPSA) is 51.5 Å². The highest BCUT2D eigenvalue weighted by Gasteiger charge is 2.12. The van der Waals surface area contributed by atoms with Gasteiger partial charge in [0, 0.05) is 0 Å². The van der Waals surface area contributed by atoms with E-state index in [-0.39, 0.29) is 5.91 Å². The van der Waals surface area contributed by atoms with E-state index in [1.54, 1.807) is 18.4 Å². The first-order valence-corrected chi connectivity index (χ1v) is 9.07. The molecule has 138 valence electrons. The van der Waals surface area contributed by atoms with Crippen molar-refractivity contribution in [2.24, 2.45) is 0 Å². The molecule has 4 nitrogen and oxygen atoms in total. The molecule has 0 saturated heterocycles. The van der Waals surface area contributed by atoms with E-state index in [0.717, 1.165) is 17.7 Å². The summed E-state index contributed by atoms with van der Waals surface area (Å²) in [5, 5.41) is 2.91. The third-order valence-corrected chi connectivity index (χ3v) is 4.15. The number of rotatable bonds is 8. The van der Waals surface area contributed by atoms with Gasteiger partial charge in [0.2, 0.25) is 0 Å². The van der Waals surface area contributed by atoms with Gasteiger partial charge in [0.05, 0.1) is 18.4 Å². The van der Waals surface area contributed by atoms with Crippen molar-refractivity contribution in [3.05, 3.63) is 89.9 Å². The molecule has 0 aliphatic carbocycles. The zero-order chi connectivity index (χ0) is 18.9. The Balaban J connectivity index is 1.59. The van der Waals surface area contributed by atoms with Gasteiger partial charge in [-0.05, 0) is 47.9 Å². The number of hydrogen-bond donors (Lipinski definition) is 1. The van der Waals surface area contributed by atoms with Crippen LogP contribution in [0.2, 0.25) is 0 Å². The summed E-state index contributed by atoms with van der Waals surface area (Å²) in [6, 6.07) is 21.2. The van der Waals surface area contributed by atoms with Gasteiger partial charge in [-0.2, -0.15) is 0 Å². The van der Waals surface area contributed by atoms with Crippen LogP contribution in [-0.4, -0.2) is 19.1 Å². The lowest BCUT2D eigenvalue weighted by Gasteiger charge is -2.10. The summed E-state index contributed by atoms with van der Waals surface area (Å²) >= 11 is 0. The van der Waals surface area contributed by atoms with Crippen LogP contribution in [0, 0.1) is 0 Å². The number of hydrogen-bond acceptors (Lipinski definition) is 3. The molecule has 3 rings (SSSR count). The lowest BCUT2D eigenvalue weighted by atomic mass is 10.0. The Bertz CT molecular complexity index is 866. The van der Waals surface area contributed by atoms with Crippen molar-refractivity contribution in [3.8, 4) is 5.75 Å². The normalized spacial score (nSPS) is 11.2. The highest BCUT2D eigenvalue weighted by atomic mass is 16.5. The molecular formula is C23H23NO3. The molecule has 0 bridgehead atoms. The monoisotopic (exact) mass is 361 g/mol. The highest BCUT2D eigenvalue weighted by molar-refractivity contribution is 6.24. The summed E-state index contributed by atoms with van der Waals surface area (Å²) in [5.74, 6) is 1.27. The molecule has 2 aromatic carbocycles. The molecule has 27 heavy (non-hydrogen) atoms. The zero-order valence-electron chi connectivity index (χ0n) is 15.4. The fourth-order valence-corrected chi connectivity index (χ4v) is 2.66. The van der Waals surface area contributed by atoms with Gasteiger partial charge in [0.15, 0.2) is 0 Å². The molecule has 1 heterocycles. The quantitative estimate of drug-likeness (QED) is 0.472. The van der Waals surface area contributed by atoms with E-state index in [4.69, 9.17) is 9.15 Å². The van der Waals surface area contributed by atoms with Crippen molar-refractivity contribution in [2.45, 2.75) is 13.3 Å². The van der Waals surface area contributed by atoms with Gasteiger partial charge < -0.3 is 14.5 Å². The van der Waals surface area contributed by atoms with Gasteiger partial charge in [-0.1, -0.05) is 49.4 Å². The summed E-state index contributed by atoms with van der Waals surface area (Å²) in [6.45, 7) is 2.93. The van der Waals surface area contributed by atoms with Crippen molar-refractivity contribution in [2.75, 3.05) is 13.2 Å². The number of carbonyl (C=O) groups is 1. The van der Waals surface area contributed by atoms with E-state index in [1.807, 2.05) is 60.7 Å². The maximum atomic E-state index is 12.7. The van der Waals surface area contributed by atoms with E-state index < -0.39 is 0 Å². The zero-order valence-corrected chi connectivity index (χ0v) is 15.4. The second-order valence-electron chi connectivity index (χ2n) is 6.04. The van der Waals surface area contributed by atoms with Crippen LogP contribution in [0.5, 0.6) is 5.75 Å². The van der Waals surface area contributed by atoms with Gasteiger partial charge in [-0.15, -0.1) is 0 Å². The van der Waals surface area contributed by atoms with Crippen LogP contribution in [0.25, 0.3) is 11.6 Å². The molecule has 0 atom stereocenters. The van der Waals surface area contributed by atoms with E-state index in [1.165, 1.54) is 5.56 Å². The molecule has 1 aromatic heterocycles. The summed E-state index contributed by atoms with van der Waals surface area (Å²) < 4.78 is 11.1. The van der Waals surface area contributed by atoms with Crippen molar-refractivity contribution < 1.29 is 13.9 Å². The van der Waals surface area contributed by atoms with Crippen LogP contribution in [0.3, 0.4) is 0 Å². The first-order chi connectivity index (χ1) is 13.3. The number of aryl methyl sites for hydroxylation is 1. The Morgan fingerprint density at radius 2 is 1.81 bits per heavy atom. The maximum Gasteiger partial charge on any atom is 0.252 e. The first kappa shape index (κ1) is 18.5. The largest absolute Gasteiger partial charge is 0.492 e. The number of amides is 1. The molecule has 0 saturated carbocycles. The van der Waals surface area contributed by atoms with Gasteiger partial charge >= 0.3 is 0 Å². The van der Waals surface area contributed by atoms with Crippen LogP contribution < -0.4 is 10.1 Å². The Labute approximate surface area is 159 Å². The van der Waals surface area contributed by atoms with Crippen LogP contribution in [0.1, 0.15) is 23.8 Å². The van der Waals surface area contributed by atoms with Crippen LogP contribution in [0.4, 0.5) is 0 Å². The second kappa shape index (κ2) is 9.43. The molecule has 0 radical (unpaired) electrons. The molecule has 1 N–H and O–H groups in total. The number of nitrogens with one attached hydrogen (secondary N) is 1. The van der Waals surface area contributed by atoms with Gasteiger partial charge in [0.25, 0.3) is 5.91 Å². The first-order valence-electron chi connectivity index (χ1n) is 9.07. The van der Waals surface area contributed by atoms with Crippen LogP contribution in [0.15, 0.2) is 77.4 Å². The SMILES string of the molecule is CCc1ccc(OCCNC(=O)/C(=C/c2ccco2)c2ccccc2)cc1. The standard InChI is InChI=1S/C23H23NO3/c1-2-18-10-12-20(13-11-18)27-16-14-24-23(25)22(17-21-9-6-15-26-21)19-7-4-3-5-8-19/h3-13,15,17H,2,14,16H2,1H3,(H,24,25)/b22-17+. The Morgan fingerprint density at radius 1 is 1.04 bits per heavy atom. The average Bonchev–Trinajstić information content (AvgIpc) is 3.23. The van der Waals surface area contributed by atoms with Crippen LogP contribution in [-0.2, 0) is 11.2 Å². The van der Waals surface area contributed by atoms with E-state index in [0.29, 0.717) is 24.5 Å². The fourth-order valence-electron chi connectivity index (χ4n) is 2.66. The number of furan rings is 1. The number of ether oxygens (including phenoxy) is 1. The van der Waals surface area contributed by atoms with Crippen LogP contribution >= 0.6 is 0 Å². The van der Waals surface area contributed by atoms with E-state index in [2.05, 4.69) is 12.2 Å². The fraction of sp³-hybridized carbons (Fsp3) is 0.174. The molecule has 4 heteroatoms. The molecule has 0 aliphatic rings. The van der Waals surface area contributed by atoms with Gasteiger partial charge in [-0.25, -0.2) is 0 Å². The lowest BCUT2D eigenvalue weighted by molar-refractivity contribution is -0.115. The Kier molecular flexibility index (Phi) is 6.47. The third-order valence-electron chi connectivity index (χ3n) is 4.15. The van der Waals surface area contributed by atoms with Crippen molar-refractivity contribution >= 4 is 17.6 Å². The predicted molar refractivity (Wildman–Crippen MR) is 107 cm³/mol. The molecule has 3 aromatic rings. The van der Waals surface area contributed by atoms with E-state index >= 15 is 0 Å². The Morgan fingerprint density at radius 3 is 2.48 bits per heavy atom. The summed E-state index contributed by atoms with van der Waals surface area (Å²) in [6.07, 6.45) is 4.33. The number of benzene rings is 2. The molecule has 0 spiro atoms. The number of carbonyl (C=O) groups excluding carboxylic acids is 1. The molecule has 0 fully saturated rings. The third kappa shape index (κ3) is 5.35. The minimum absolute atomic E-state index is 0.164. The average molecular weight is 361 g/mol. The highest BCUT2D eigenvalue weighted by Crippen LogP contribution is 2.19. The minimum atomic E-state index is -0.164. The maximum absolute atomic E-state index is 12.7. The molecule has 0 unspecified atom stereocenters. The lowest BCUT2D eigenvalue weighted by Crippen LogP contribution is -2.28. The molecule has 1 amide bonds. The van der Waals surface area contributed by atoms with Gasteiger partial charge in [0.1, 0.15) is 18.1 Å².